The van der Waals surface area contributed by atoms with Crippen LogP contribution in [0.2, 0.25) is 10.0 Å². The Bertz CT molecular complexity index is 852. The standard InChI is InChI=1S/C17H18Cl2N2O3S/c1-24-17-14(18)7-8-15(16(17)19)25(22,23)21-11-9-20(10-12-21)13-5-3-2-4-6-13/h2-8H,9-12H2,1H3. The van der Waals surface area contributed by atoms with Crippen LogP contribution in [0.1, 0.15) is 0 Å². The third-order valence-electron chi connectivity index (χ3n) is 4.20. The Balaban J connectivity index is 1.81. The number of halogens is 2. The maximum Gasteiger partial charge on any atom is 0.244 e. The summed E-state index contributed by atoms with van der Waals surface area (Å²) in [5.74, 6) is 0.173. The Labute approximate surface area is 157 Å². The van der Waals surface area contributed by atoms with Crippen molar-refractivity contribution in [3.05, 3.63) is 52.5 Å². The maximum absolute atomic E-state index is 13.0. The first-order valence-corrected chi connectivity index (χ1v) is 9.97. The summed E-state index contributed by atoms with van der Waals surface area (Å²) in [5.41, 5.74) is 1.09. The smallest absolute Gasteiger partial charge is 0.244 e. The Kier molecular flexibility index (Phi) is 5.43. The van der Waals surface area contributed by atoms with Crippen LogP contribution >= 0.6 is 23.2 Å². The maximum atomic E-state index is 13.0. The molecule has 0 amide bonds. The highest BCUT2D eigenvalue weighted by molar-refractivity contribution is 7.89. The van der Waals surface area contributed by atoms with E-state index in [9.17, 15) is 8.42 Å². The predicted molar refractivity (Wildman–Crippen MR) is 100 cm³/mol. The van der Waals surface area contributed by atoms with Gasteiger partial charge in [-0.15, -0.1) is 0 Å². The van der Waals surface area contributed by atoms with Gasteiger partial charge in [0.15, 0.2) is 5.75 Å². The van der Waals surface area contributed by atoms with E-state index in [1.165, 1.54) is 23.5 Å². The van der Waals surface area contributed by atoms with Gasteiger partial charge in [-0.1, -0.05) is 41.4 Å². The molecule has 2 aromatic rings. The minimum atomic E-state index is -3.71. The molecule has 0 saturated carbocycles. The van der Waals surface area contributed by atoms with Crippen molar-refractivity contribution in [2.45, 2.75) is 4.90 Å². The fourth-order valence-corrected chi connectivity index (χ4v) is 5.16. The first-order valence-electron chi connectivity index (χ1n) is 7.77. The van der Waals surface area contributed by atoms with Crippen molar-refractivity contribution >= 4 is 38.9 Å². The summed E-state index contributed by atoms with van der Waals surface area (Å²) in [6.07, 6.45) is 0. The molecule has 1 fully saturated rings. The molecule has 1 heterocycles. The van der Waals surface area contributed by atoms with Crippen LogP contribution in [0.5, 0.6) is 5.75 Å². The molecule has 1 aliphatic heterocycles. The molecular formula is C17H18Cl2N2O3S. The number of nitrogens with zero attached hydrogens (tertiary/aromatic N) is 2. The molecular weight excluding hydrogens is 383 g/mol. The van der Waals surface area contributed by atoms with Gasteiger partial charge in [-0.25, -0.2) is 8.42 Å². The van der Waals surface area contributed by atoms with Crippen LogP contribution in [0, 0.1) is 0 Å². The van der Waals surface area contributed by atoms with Crippen molar-refractivity contribution in [3.8, 4) is 5.75 Å². The number of ether oxygens (including phenoxy) is 1. The molecule has 1 saturated heterocycles. The zero-order valence-corrected chi connectivity index (χ0v) is 16.0. The number of hydrogen-bond donors (Lipinski definition) is 0. The Morgan fingerprint density at radius 2 is 1.60 bits per heavy atom. The summed E-state index contributed by atoms with van der Waals surface area (Å²) in [7, 11) is -2.31. The second-order valence-corrected chi connectivity index (χ2v) is 8.31. The quantitative estimate of drug-likeness (QED) is 0.787. The number of methoxy groups -OCH3 is 1. The van der Waals surface area contributed by atoms with E-state index in [2.05, 4.69) is 4.90 Å². The van der Waals surface area contributed by atoms with Gasteiger partial charge in [0.05, 0.1) is 12.1 Å². The molecule has 0 spiro atoms. The van der Waals surface area contributed by atoms with Gasteiger partial charge in [-0.3, -0.25) is 0 Å². The third-order valence-corrected chi connectivity index (χ3v) is 6.92. The minimum Gasteiger partial charge on any atom is -0.494 e. The van der Waals surface area contributed by atoms with Crippen LogP contribution in [0.25, 0.3) is 0 Å². The van der Waals surface area contributed by atoms with Gasteiger partial charge in [0.2, 0.25) is 10.0 Å². The average molecular weight is 401 g/mol. The van der Waals surface area contributed by atoms with E-state index >= 15 is 0 Å². The van der Waals surface area contributed by atoms with Crippen molar-refractivity contribution in [1.29, 1.82) is 0 Å². The summed E-state index contributed by atoms with van der Waals surface area (Å²) in [5, 5.41) is 0.292. The Morgan fingerprint density at radius 1 is 0.960 bits per heavy atom. The van der Waals surface area contributed by atoms with Gasteiger partial charge in [0, 0.05) is 31.9 Å². The highest BCUT2D eigenvalue weighted by Crippen LogP contribution is 2.38. The molecule has 0 aromatic heterocycles. The molecule has 0 atom stereocenters. The van der Waals surface area contributed by atoms with Crippen LogP contribution < -0.4 is 9.64 Å². The molecule has 8 heteroatoms. The number of anilines is 1. The second-order valence-electron chi connectivity index (χ2n) is 5.62. The summed E-state index contributed by atoms with van der Waals surface area (Å²) in [4.78, 5) is 2.18. The van der Waals surface area contributed by atoms with Gasteiger partial charge in [-0.05, 0) is 24.3 Å². The topological polar surface area (TPSA) is 49.9 Å². The molecule has 0 N–H and O–H groups in total. The van der Waals surface area contributed by atoms with E-state index in [0.29, 0.717) is 26.2 Å². The molecule has 0 unspecified atom stereocenters. The molecule has 134 valence electrons. The highest BCUT2D eigenvalue weighted by Gasteiger charge is 2.31. The Morgan fingerprint density at radius 3 is 2.20 bits per heavy atom. The molecule has 0 radical (unpaired) electrons. The first kappa shape index (κ1) is 18.3. The van der Waals surface area contributed by atoms with Crippen LogP contribution in [-0.2, 0) is 10.0 Å². The zero-order valence-electron chi connectivity index (χ0n) is 13.7. The molecule has 1 aliphatic rings. The van der Waals surface area contributed by atoms with Crippen LogP contribution in [0.3, 0.4) is 0 Å². The van der Waals surface area contributed by atoms with Gasteiger partial charge in [-0.2, -0.15) is 4.31 Å². The van der Waals surface area contributed by atoms with E-state index < -0.39 is 10.0 Å². The number of hydrogen-bond acceptors (Lipinski definition) is 4. The lowest BCUT2D eigenvalue weighted by Gasteiger charge is -2.35. The summed E-state index contributed by atoms with van der Waals surface area (Å²) >= 11 is 12.2. The SMILES string of the molecule is COc1c(Cl)ccc(S(=O)(=O)N2CCN(c3ccccc3)CC2)c1Cl. The highest BCUT2D eigenvalue weighted by atomic mass is 35.5. The molecule has 5 nitrogen and oxygen atoms in total. The number of rotatable bonds is 4. The van der Waals surface area contributed by atoms with Crippen LogP contribution in [-0.4, -0.2) is 46.0 Å². The van der Waals surface area contributed by atoms with Crippen LogP contribution in [0.15, 0.2) is 47.4 Å². The van der Waals surface area contributed by atoms with E-state index in [0.717, 1.165) is 5.69 Å². The molecule has 3 rings (SSSR count). The summed E-state index contributed by atoms with van der Waals surface area (Å²) in [6, 6.07) is 12.8. The Hall–Kier alpha value is -1.47. The minimum absolute atomic E-state index is 0.0143. The van der Waals surface area contributed by atoms with E-state index in [1.54, 1.807) is 0 Å². The molecule has 25 heavy (non-hydrogen) atoms. The zero-order chi connectivity index (χ0) is 18.0. The lowest BCUT2D eigenvalue weighted by Crippen LogP contribution is -2.48. The second kappa shape index (κ2) is 7.41. The number of para-hydroxylation sites is 1. The third kappa shape index (κ3) is 3.58. The van der Waals surface area contributed by atoms with Gasteiger partial charge in [0.1, 0.15) is 9.92 Å². The van der Waals surface area contributed by atoms with E-state index in [-0.39, 0.29) is 20.7 Å². The van der Waals surface area contributed by atoms with Crippen molar-refractivity contribution in [1.82, 2.24) is 4.31 Å². The molecule has 0 bridgehead atoms. The van der Waals surface area contributed by atoms with Crippen molar-refractivity contribution < 1.29 is 13.2 Å². The van der Waals surface area contributed by atoms with Crippen molar-refractivity contribution in [2.75, 3.05) is 38.2 Å². The fourth-order valence-electron chi connectivity index (χ4n) is 2.87. The van der Waals surface area contributed by atoms with Crippen molar-refractivity contribution in [3.63, 3.8) is 0 Å². The average Bonchev–Trinajstić information content (AvgIpc) is 2.63. The lowest BCUT2D eigenvalue weighted by atomic mass is 10.2. The van der Waals surface area contributed by atoms with Gasteiger partial charge < -0.3 is 9.64 Å². The predicted octanol–water partition coefficient (Wildman–Crippen LogP) is 3.51. The monoisotopic (exact) mass is 400 g/mol. The first-order chi connectivity index (χ1) is 11.9. The summed E-state index contributed by atoms with van der Waals surface area (Å²) < 4.78 is 32.5. The molecule has 2 aromatic carbocycles. The fraction of sp³-hybridized carbons (Fsp3) is 0.294. The van der Waals surface area contributed by atoms with Crippen LogP contribution in [0.4, 0.5) is 5.69 Å². The van der Waals surface area contributed by atoms with Crippen molar-refractivity contribution in [2.24, 2.45) is 0 Å². The van der Waals surface area contributed by atoms with Gasteiger partial charge >= 0.3 is 0 Å². The number of piperazine rings is 1. The largest absolute Gasteiger partial charge is 0.494 e. The molecule has 0 aliphatic carbocycles. The van der Waals surface area contributed by atoms with E-state index in [4.69, 9.17) is 27.9 Å². The lowest BCUT2D eigenvalue weighted by molar-refractivity contribution is 0.383. The van der Waals surface area contributed by atoms with E-state index in [1.807, 2.05) is 30.3 Å². The summed E-state index contributed by atoms with van der Waals surface area (Å²) in [6.45, 7) is 2.01. The number of sulfonamides is 1. The van der Waals surface area contributed by atoms with Gasteiger partial charge in [0.25, 0.3) is 0 Å². The normalized spacial score (nSPS) is 16.0. The number of benzene rings is 2.